The maximum atomic E-state index is 12.0. The number of carbonyl (C=O) groups is 1. The monoisotopic (exact) mass is 318 g/mol. The molecule has 1 aliphatic carbocycles. The number of carbonyl (C=O) groups excluding carboxylic acids is 1. The molecule has 0 fully saturated rings. The number of methoxy groups -OCH3 is 1. The van der Waals surface area contributed by atoms with Crippen LogP contribution < -0.4 is 10.2 Å². The fourth-order valence-corrected chi connectivity index (χ4v) is 2.51. The smallest absolute Gasteiger partial charge is 0.292 e. The number of aryl methyl sites for hydroxylation is 1. The molecule has 0 aliphatic heterocycles. The summed E-state index contributed by atoms with van der Waals surface area (Å²) < 4.78 is 4.96. The quantitative estimate of drug-likeness (QED) is 0.561. The summed E-state index contributed by atoms with van der Waals surface area (Å²) >= 11 is 0. The molecule has 1 amide bonds. The Morgan fingerprint density at radius 3 is 3.04 bits per heavy atom. The number of hydrazone groups is 1. The van der Waals surface area contributed by atoms with Crippen molar-refractivity contribution in [1.82, 2.24) is 15.6 Å². The van der Waals surface area contributed by atoms with E-state index in [-0.39, 0.29) is 17.1 Å². The summed E-state index contributed by atoms with van der Waals surface area (Å²) in [7, 11) is 1.48. The van der Waals surface area contributed by atoms with Crippen LogP contribution in [0.5, 0.6) is 11.5 Å². The molecule has 8 nitrogen and oxygen atoms in total. The molecular weight excluding hydrogens is 300 g/mol. The topological polar surface area (TPSA) is 131 Å². The second-order valence-electron chi connectivity index (χ2n) is 5.01. The first-order valence-electron chi connectivity index (χ1n) is 6.95. The van der Waals surface area contributed by atoms with E-state index in [0.29, 0.717) is 17.0 Å². The number of ether oxygens (including phenoxy) is 1. The number of rotatable bonds is 4. The number of nitrogens with one attached hydrogen (secondary N) is 2. The first kappa shape index (κ1) is 16.5. The molecule has 122 valence electrons. The zero-order valence-corrected chi connectivity index (χ0v) is 12.6. The third-order valence-corrected chi connectivity index (χ3v) is 3.60. The number of phenols is 1. The van der Waals surface area contributed by atoms with Gasteiger partial charge in [0.2, 0.25) is 0 Å². The van der Waals surface area contributed by atoms with Gasteiger partial charge in [0.05, 0.1) is 13.3 Å². The number of fused-ring (bicyclic) bond motifs is 1. The Bertz CT molecular complexity index is 739. The molecule has 0 saturated heterocycles. The van der Waals surface area contributed by atoms with Gasteiger partial charge in [-0.25, -0.2) is 5.43 Å². The van der Waals surface area contributed by atoms with Gasteiger partial charge in [0.25, 0.3) is 5.91 Å². The summed E-state index contributed by atoms with van der Waals surface area (Å²) in [6, 6.07) is 4.85. The van der Waals surface area contributed by atoms with Crippen LogP contribution in [0.25, 0.3) is 0 Å². The Kier molecular flexibility index (Phi) is 4.97. The zero-order chi connectivity index (χ0) is 15.5. The highest BCUT2D eigenvalue weighted by Gasteiger charge is 2.22. The summed E-state index contributed by atoms with van der Waals surface area (Å²) in [5.41, 5.74) is 5.51. The fraction of sp³-hybridized carbons (Fsp3) is 0.267. The Balaban J connectivity index is 0.00000192. The van der Waals surface area contributed by atoms with Crippen LogP contribution >= 0.6 is 0 Å². The van der Waals surface area contributed by atoms with Gasteiger partial charge in [-0.15, -0.1) is 0 Å². The van der Waals surface area contributed by atoms with E-state index < -0.39 is 0 Å². The molecular formula is C15H18N4O4. The number of aromatic hydroxyl groups is 1. The van der Waals surface area contributed by atoms with Crippen LogP contribution in [-0.4, -0.2) is 40.0 Å². The number of aromatic nitrogens is 2. The summed E-state index contributed by atoms with van der Waals surface area (Å²) in [6.45, 7) is 0. The number of H-pyrrole nitrogens is 1. The van der Waals surface area contributed by atoms with Gasteiger partial charge in [-0.2, -0.15) is 10.2 Å². The highest BCUT2D eigenvalue weighted by Crippen LogP contribution is 2.25. The van der Waals surface area contributed by atoms with E-state index in [1.807, 2.05) is 0 Å². The summed E-state index contributed by atoms with van der Waals surface area (Å²) in [5.74, 6) is 0.0598. The first-order valence-corrected chi connectivity index (χ1v) is 6.95. The minimum absolute atomic E-state index is 0. The Hall–Kier alpha value is -2.87. The molecule has 8 heteroatoms. The lowest BCUT2D eigenvalue weighted by Gasteiger charge is -2.03. The van der Waals surface area contributed by atoms with Crippen molar-refractivity contribution >= 4 is 12.1 Å². The van der Waals surface area contributed by atoms with Crippen molar-refractivity contribution < 1.29 is 20.1 Å². The second-order valence-corrected chi connectivity index (χ2v) is 5.01. The lowest BCUT2D eigenvalue weighted by atomic mass is 10.2. The highest BCUT2D eigenvalue weighted by molar-refractivity contribution is 5.94. The van der Waals surface area contributed by atoms with Crippen LogP contribution in [-0.2, 0) is 12.8 Å². The summed E-state index contributed by atoms with van der Waals surface area (Å²) in [6.07, 6.45) is 4.29. The standard InChI is InChI=1S/C15H16N4O3.H2O/c1-22-13-6-5-9(7-12(13)20)8-16-19-15(21)14-10-3-2-4-11(10)17-18-14;/h5-8,20H,2-4H2,1H3,(H,17,18)(H,19,21);1H2/b16-8+;. The lowest BCUT2D eigenvalue weighted by Crippen LogP contribution is -2.19. The number of hydrogen-bond acceptors (Lipinski definition) is 5. The van der Waals surface area contributed by atoms with E-state index in [2.05, 4.69) is 20.7 Å². The molecule has 0 radical (unpaired) electrons. The van der Waals surface area contributed by atoms with Gasteiger partial charge in [-0.1, -0.05) is 0 Å². The molecule has 3 rings (SSSR count). The van der Waals surface area contributed by atoms with Crippen molar-refractivity contribution in [2.24, 2.45) is 5.10 Å². The van der Waals surface area contributed by atoms with Crippen molar-refractivity contribution in [2.45, 2.75) is 19.3 Å². The van der Waals surface area contributed by atoms with Crippen molar-refractivity contribution in [3.8, 4) is 11.5 Å². The molecule has 0 unspecified atom stereocenters. The minimum Gasteiger partial charge on any atom is -0.504 e. The Morgan fingerprint density at radius 2 is 2.30 bits per heavy atom. The van der Waals surface area contributed by atoms with Crippen LogP contribution in [0.3, 0.4) is 0 Å². The van der Waals surface area contributed by atoms with E-state index in [4.69, 9.17) is 4.74 Å². The number of aromatic amines is 1. The van der Waals surface area contributed by atoms with Crippen LogP contribution in [0, 0.1) is 0 Å². The molecule has 0 saturated carbocycles. The molecule has 1 aromatic heterocycles. The van der Waals surface area contributed by atoms with Gasteiger partial charge < -0.3 is 15.3 Å². The predicted octanol–water partition coefficient (Wildman–Crippen LogP) is 0.552. The first-order chi connectivity index (χ1) is 10.7. The van der Waals surface area contributed by atoms with E-state index in [1.54, 1.807) is 12.1 Å². The van der Waals surface area contributed by atoms with E-state index in [1.165, 1.54) is 19.4 Å². The van der Waals surface area contributed by atoms with E-state index >= 15 is 0 Å². The van der Waals surface area contributed by atoms with Crippen LogP contribution in [0.2, 0.25) is 0 Å². The van der Waals surface area contributed by atoms with Crippen molar-refractivity contribution in [1.29, 1.82) is 0 Å². The normalized spacial score (nSPS) is 12.7. The van der Waals surface area contributed by atoms with Crippen LogP contribution in [0.15, 0.2) is 23.3 Å². The maximum Gasteiger partial charge on any atom is 0.292 e. The molecule has 0 bridgehead atoms. The zero-order valence-electron chi connectivity index (χ0n) is 12.6. The Morgan fingerprint density at radius 1 is 1.48 bits per heavy atom. The number of benzene rings is 1. The molecule has 1 aromatic carbocycles. The van der Waals surface area contributed by atoms with Gasteiger partial charge >= 0.3 is 0 Å². The predicted molar refractivity (Wildman–Crippen MR) is 83.9 cm³/mol. The van der Waals surface area contributed by atoms with Crippen molar-refractivity contribution in [3.63, 3.8) is 0 Å². The Labute approximate surface area is 132 Å². The van der Waals surface area contributed by atoms with E-state index in [0.717, 1.165) is 30.5 Å². The molecule has 2 aromatic rings. The van der Waals surface area contributed by atoms with Gasteiger partial charge in [-0.3, -0.25) is 9.89 Å². The largest absolute Gasteiger partial charge is 0.504 e. The van der Waals surface area contributed by atoms with Gasteiger partial charge in [0, 0.05) is 11.3 Å². The lowest BCUT2D eigenvalue weighted by molar-refractivity contribution is 0.0949. The highest BCUT2D eigenvalue weighted by atomic mass is 16.5. The molecule has 0 atom stereocenters. The average molecular weight is 318 g/mol. The molecule has 1 heterocycles. The summed E-state index contributed by atoms with van der Waals surface area (Å²) in [5, 5.41) is 20.5. The molecule has 5 N–H and O–H groups in total. The van der Waals surface area contributed by atoms with Crippen molar-refractivity contribution in [2.75, 3.05) is 7.11 Å². The number of nitrogens with zero attached hydrogens (tertiary/aromatic N) is 2. The second kappa shape index (κ2) is 6.93. The SMILES string of the molecule is COc1ccc(/C=N/NC(=O)c2n[nH]c3c2CCC3)cc1O.O. The maximum absolute atomic E-state index is 12.0. The van der Waals surface area contributed by atoms with Gasteiger partial charge in [-0.05, 0) is 43.0 Å². The molecule has 23 heavy (non-hydrogen) atoms. The average Bonchev–Trinajstić information content (AvgIpc) is 3.10. The fourth-order valence-electron chi connectivity index (χ4n) is 2.51. The van der Waals surface area contributed by atoms with Gasteiger partial charge in [0.1, 0.15) is 0 Å². The number of amides is 1. The van der Waals surface area contributed by atoms with Gasteiger partial charge in [0.15, 0.2) is 17.2 Å². The molecule has 1 aliphatic rings. The van der Waals surface area contributed by atoms with Crippen LogP contribution in [0.1, 0.15) is 33.7 Å². The van der Waals surface area contributed by atoms with Crippen molar-refractivity contribution in [3.05, 3.63) is 40.7 Å². The van der Waals surface area contributed by atoms with E-state index in [9.17, 15) is 9.90 Å². The third kappa shape index (κ3) is 3.32. The third-order valence-electron chi connectivity index (χ3n) is 3.60. The number of phenolic OH excluding ortho intramolecular Hbond substituents is 1. The summed E-state index contributed by atoms with van der Waals surface area (Å²) in [4.78, 5) is 12.0. The van der Waals surface area contributed by atoms with Crippen LogP contribution in [0.4, 0.5) is 0 Å². The minimum atomic E-state index is -0.339. The number of hydrogen-bond donors (Lipinski definition) is 3. The molecule has 0 spiro atoms.